The number of ether oxygens (including phenoxy) is 1. The van der Waals surface area contributed by atoms with Crippen molar-refractivity contribution in [2.24, 2.45) is 0 Å². The van der Waals surface area contributed by atoms with Crippen molar-refractivity contribution in [2.45, 2.75) is 57.8 Å². The van der Waals surface area contributed by atoms with E-state index in [2.05, 4.69) is 0 Å². The Labute approximate surface area is 108 Å². The number of aliphatic hydroxyl groups excluding tert-OH is 2. The van der Waals surface area contributed by atoms with E-state index in [1.54, 1.807) is 0 Å². The van der Waals surface area contributed by atoms with E-state index in [1.165, 1.54) is 0 Å². The third-order valence-electron chi connectivity index (χ3n) is 3.65. The molecule has 3 heteroatoms. The Bertz CT molecular complexity index is 389. The van der Waals surface area contributed by atoms with E-state index in [4.69, 9.17) is 4.74 Å². The van der Waals surface area contributed by atoms with Crippen LogP contribution >= 0.6 is 0 Å². The Morgan fingerprint density at radius 2 is 2.00 bits per heavy atom. The van der Waals surface area contributed by atoms with Crippen LogP contribution in [0.4, 0.5) is 0 Å². The largest absolute Gasteiger partial charge is 0.487 e. The molecule has 1 aliphatic rings. The van der Waals surface area contributed by atoms with E-state index in [-0.39, 0.29) is 12.7 Å². The molecule has 1 saturated carbocycles. The molecule has 0 bridgehead atoms. The van der Waals surface area contributed by atoms with Gasteiger partial charge in [0.15, 0.2) is 0 Å². The SMILES string of the molecule is Cc1cccc(CO)c1OC1CCCCCC1O. The Balaban J connectivity index is 2.16. The Morgan fingerprint density at radius 3 is 2.78 bits per heavy atom. The number of benzene rings is 1. The van der Waals surface area contributed by atoms with Crippen molar-refractivity contribution < 1.29 is 14.9 Å². The van der Waals surface area contributed by atoms with Crippen LogP contribution in [-0.4, -0.2) is 22.4 Å². The number of para-hydroxylation sites is 1. The van der Waals surface area contributed by atoms with Crippen LogP contribution < -0.4 is 4.74 Å². The molecule has 2 rings (SSSR count). The zero-order valence-electron chi connectivity index (χ0n) is 10.9. The van der Waals surface area contributed by atoms with Gasteiger partial charge in [0.2, 0.25) is 0 Å². The summed E-state index contributed by atoms with van der Waals surface area (Å²) in [4.78, 5) is 0. The van der Waals surface area contributed by atoms with E-state index >= 15 is 0 Å². The van der Waals surface area contributed by atoms with E-state index in [0.717, 1.165) is 49.0 Å². The summed E-state index contributed by atoms with van der Waals surface area (Å²) in [6.45, 7) is 1.94. The summed E-state index contributed by atoms with van der Waals surface area (Å²) in [7, 11) is 0. The van der Waals surface area contributed by atoms with Gasteiger partial charge in [-0.05, 0) is 31.7 Å². The lowest BCUT2D eigenvalue weighted by Crippen LogP contribution is -2.31. The summed E-state index contributed by atoms with van der Waals surface area (Å²) in [6, 6.07) is 5.75. The summed E-state index contributed by atoms with van der Waals surface area (Å²) in [5.74, 6) is 0.742. The fraction of sp³-hybridized carbons (Fsp3) is 0.600. The van der Waals surface area contributed by atoms with Gasteiger partial charge in [0, 0.05) is 5.56 Å². The van der Waals surface area contributed by atoms with Gasteiger partial charge in [-0.25, -0.2) is 0 Å². The van der Waals surface area contributed by atoms with E-state index in [1.807, 2.05) is 25.1 Å². The zero-order chi connectivity index (χ0) is 13.0. The maximum Gasteiger partial charge on any atom is 0.128 e. The number of hydrogen-bond donors (Lipinski definition) is 2. The highest BCUT2D eigenvalue weighted by Crippen LogP contribution is 2.28. The normalized spacial score (nSPS) is 24.6. The molecule has 0 saturated heterocycles. The van der Waals surface area contributed by atoms with Crippen LogP contribution in [0.5, 0.6) is 5.75 Å². The topological polar surface area (TPSA) is 49.7 Å². The lowest BCUT2D eigenvalue weighted by molar-refractivity contribution is 0.0303. The number of aliphatic hydroxyl groups is 2. The molecule has 18 heavy (non-hydrogen) atoms. The molecule has 2 N–H and O–H groups in total. The molecule has 2 unspecified atom stereocenters. The van der Waals surface area contributed by atoms with Gasteiger partial charge in [-0.15, -0.1) is 0 Å². The molecule has 1 aromatic carbocycles. The van der Waals surface area contributed by atoms with Crippen LogP contribution in [0.25, 0.3) is 0 Å². The lowest BCUT2D eigenvalue weighted by Gasteiger charge is -2.24. The fourth-order valence-corrected chi connectivity index (χ4v) is 2.55. The first-order valence-corrected chi connectivity index (χ1v) is 6.76. The summed E-state index contributed by atoms with van der Waals surface area (Å²) in [5.41, 5.74) is 1.81. The number of rotatable bonds is 3. The third kappa shape index (κ3) is 3.03. The molecule has 100 valence electrons. The summed E-state index contributed by atoms with van der Waals surface area (Å²) < 4.78 is 5.99. The molecule has 0 aliphatic heterocycles. The van der Waals surface area contributed by atoms with Gasteiger partial charge in [-0.3, -0.25) is 0 Å². The maximum atomic E-state index is 10.1. The highest BCUT2D eigenvalue weighted by molar-refractivity contribution is 5.40. The van der Waals surface area contributed by atoms with Crippen molar-refractivity contribution >= 4 is 0 Å². The summed E-state index contributed by atoms with van der Waals surface area (Å²) >= 11 is 0. The van der Waals surface area contributed by atoms with Crippen LogP contribution in [0.1, 0.15) is 43.2 Å². The van der Waals surface area contributed by atoms with E-state index < -0.39 is 6.10 Å². The minimum absolute atomic E-state index is 0.0279. The lowest BCUT2D eigenvalue weighted by atomic mass is 10.1. The van der Waals surface area contributed by atoms with Gasteiger partial charge in [0.05, 0.1) is 12.7 Å². The van der Waals surface area contributed by atoms with Gasteiger partial charge < -0.3 is 14.9 Å². The van der Waals surface area contributed by atoms with Gasteiger partial charge in [0.1, 0.15) is 11.9 Å². The molecule has 3 nitrogen and oxygen atoms in total. The van der Waals surface area contributed by atoms with Gasteiger partial charge in [-0.2, -0.15) is 0 Å². The summed E-state index contributed by atoms with van der Waals surface area (Å²) in [5, 5.41) is 19.4. The second-order valence-electron chi connectivity index (χ2n) is 5.08. The molecule has 0 radical (unpaired) electrons. The predicted molar refractivity (Wildman–Crippen MR) is 70.6 cm³/mol. The van der Waals surface area contributed by atoms with E-state index in [9.17, 15) is 10.2 Å². The second-order valence-corrected chi connectivity index (χ2v) is 5.08. The molecule has 0 amide bonds. The van der Waals surface area contributed by atoms with Crippen molar-refractivity contribution in [3.8, 4) is 5.75 Å². The van der Waals surface area contributed by atoms with Crippen LogP contribution in [0, 0.1) is 6.92 Å². The molecule has 0 heterocycles. The first kappa shape index (κ1) is 13.4. The predicted octanol–water partition coefficient (Wildman–Crippen LogP) is 2.56. The van der Waals surface area contributed by atoms with Gasteiger partial charge in [-0.1, -0.05) is 31.0 Å². The molecule has 1 aliphatic carbocycles. The minimum atomic E-state index is -0.390. The molecular weight excluding hydrogens is 228 g/mol. The van der Waals surface area contributed by atoms with Crippen molar-refractivity contribution in [2.75, 3.05) is 0 Å². The summed E-state index contributed by atoms with van der Waals surface area (Å²) in [6.07, 6.45) is 4.50. The molecule has 0 spiro atoms. The number of aryl methyl sites for hydroxylation is 1. The molecule has 2 atom stereocenters. The van der Waals surface area contributed by atoms with Crippen LogP contribution in [0.2, 0.25) is 0 Å². The van der Waals surface area contributed by atoms with Gasteiger partial charge >= 0.3 is 0 Å². The third-order valence-corrected chi connectivity index (χ3v) is 3.65. The van der Waals surface area contributed by atoms with Crippen LogP contribution in [0.3, 0.4) is 0 Å². The standard InChI is InChI=1S/C15H22O3/c1-11-6-5-7-12(10-16)15(11)18-14-9-4-2-3-8-13(14)17/h5-7,13-14,16-17H,2-4,8-10H2,1H3. The van der Waals surface area contributed by atoms with Crippen molar-refractivity contribution in [3.05, 3.63) is 29.3 Å². The maximum absolute atomic E-state index is 10.1. The zero-order valence-corrected chi connectivity index (χ0v) is 10.9. The average molecular weight is 250 g/mol. The van der Waals surface area contributed by atoms with Crippen LogP contribution in [0.15, 0.2) is 18.2 Å². The molecule has 1 aromatic rings. The second kappa shape index (κ2) is 6.21. The van der Waals surface area contributed by atoms with E-state index in [0.29, 0.717) is 0 Å². The Kier molecular flexibility index (Phi) is 4.61. The smallest absolute Gasteiger partial charge is 0.128 e. The number of hydrogen-bond acceptors (Lipinski definition) is 3. The highest BCUT2D eigenvalue weighted by atomic mass is 16.5. The monoisotopic (exact) mass is 250 g/mol. The van der Waals surface area contributed by atoms with Crippen LogP contribution in [-0.2, 0) is 6.61 Å². The average Bonchev–Trinajstić information content (AvgIpc) is 2.57. The van der Waals surface area contributed by atoms with Crippen molar-refractivity contribution in [1.29, 1.82) is 0 Å². The Hall–Kier alpha value is -1.06. The molecular formula is C15H22O3. The first-order valence-electron chi connectivity index (χ1n) is 6.76. The quantitative estimate of drug-likeness (QED) is 0.811. The minimum Gasteiger partial charge on any atom is -0.487 e. The molecule has 1 fully saturated rings. The molecule has 0 aromatic heterocycles. The van der Waals surface area contributed by atoms with Crippen molar-refractivity contribution in [1.82, 2.24) is 0 Å². The fourth-order valence-electron chi connectivity index (χ4n) is 2.55. The van der Waals surface area contributed by atoms with Crippen molar-refractivity contribution in [3.63, 3.8) is 0 Å². The first-order chi connectivity index (χ1) is 8.72. The van der Waals surface area contributed by atoms with Gasteiger partial charge in [0.25, 0.3) is 0 Å². The highest BCUT2D eigenvalue weighted by Gasteiger charge is 2.24. The Morgan fingerprint density at radius 1 is 1.22 bits per heavy atom.